The Labute approximate surface area is 87.2 Å². The van der Waals surface area contributed by atoms with Crippen LogP contribution in [0.5, 0.6) is 0 Å². The maximum Gasteiger partial charge on any atom is 0.0918 e. The molecule has 1 fully saturated rings. The van der Waals surface area contributed by atoms with Gasteiger partial charge in [0.2, 0.25) is 0 Å². The molecule has 3 nitrogen and oxygen atoms in total. The van der Waals surface area contributed by atoms with E-state index in [-0.39, 0.29) is 0 Å². The van der Waals surface area contributed by atoms with Crippen LogP contribution in [0.4, 0.5) is 0 Å². The Morgan fingerprint density at radius 3 is 2.57 bits per heavy atom. The van der Waals surface area contributed by atoms with E-state index in [2.05, 4.69) is 18.7 Å². The minimum absolute atomic E-state index is 0.314. The van der Waals surface area contributed by atoms with Crippen LogP contribution < -0.4 is 5.73 Å². The fraction of sp³-hybridized carbons (Fsp3) is 0.909. The van der Waals surface area contributed by atoms with Gasteiger partial charge in [0.1, 0.15) is 0 Å². The summed E-state index contributed by atoms with van der Waals surface area (Å²) in [7, 11) is 0. The summed E-state index contributed by atoms with van der Waals surface area (Å²) in [5.74, 6) is 1.95. The van der Waals surface area contributed by atoms with Crippen molar-refractivity contribution in [1.29, 1.82) is 5.41 Å². The Morgan fingerprint density at radius 2 is 2.14 bits per heavy atom. The highest BCUT2D eigenvalue weighted by atomic mass is 15.1. The van der Waals surface area contributed by atoms with E-state index in [1.54, 1.807) is 0 Å². The standard InChI is InChI=1S/C11H23N3/c1-9(2)7-14(6-5-11(12)13)8-10-3-4-10/h9-10H,3-8H2,1-2H3,(H3,12,13). The van der Waals surface area contributed by atoms with Crippen molar-refractivity contribution in [3.05, 3.63) is 0 Å². The predicted octanol–water partition coefficient (Wildman–Crippen LogP) is 1.68. The first-order valence-corrected chi connectivity index (χ1v) is 5.63. The van der Waals surface area contributed by atoms with Crippen LogP contribution in [0.1, 0.15) is 33.1 Å². The highest BCUT2D eigenvalue weighted by molar-refractivity contribution is 5.76. The first kappa shape index (κ1) is 11.5. The summed E-state index contributed by atoms with van der Waals surface area (Å²) in [4.78, 5) is 2.46. The quantitative estimate of drug-likeness (QED) is 0.482. The number of nitrogens with two attached hydrogens (primary N) is 1. The van der Waals surface area contributed by atoms with Crippen molar-refractivity contribution in [2.45, 2.75) is 33.1 Å². The van der Waals surface area contributed by atoms with E-state index in [0.717, 1.165) is 25.4 Å². The van der Waals surface area contributed by atoms with Crippen molar-refractivity contribution >= 4 is 5.84 Å². The lowest BCUT2D eigenvalue weighted by Crippen LogP contribution is -2.32. The fourth-order valence-corrected chi connectivity index (χ4v) is 1.72. The highest BCUT2D eigenvalue weighted by Crippen LogP contribution is 2.29. The molecule has 1 aliphatic carbocycles. The molecule has 0 heterocycles. The molecule has 0 amide bonds. The number of hydrogen-bond donors (Lipinski definition) is 2. The predicted molar refractivity (Wildman–Crippen MR) is 60.5 cm³/mol. The molecule has 0 saturated heterocycles. The molecule has 1 saturated carbocycles. The normalized spacial score (nSPS) is 16.6. The highest BCUT2D eigenvalue weighted by Gasteiger charge is 2.24. The largest absolute Gasteiger partial charge is 0.388 e. The third-order valence-corrected chi connectivity index (χ3v) is 2.53. The van der Waals surface area contributed by atoms with Gasteiger partial charge in [0.15, 0.2) is 0 Å². The summed E-state index contributed by atoms with van der Waals surface area (Å²) in [6.45, 7) is 7.81. The van der Waals surface area contributed by atoms with E-state index in [0.29, 0.717) is 11.8 Å². The molecule has 0 bridgehead atoms. The first-order chi connectivity index (χ1) is 6.58. The van der Waals surface area contributed by atoms with Crippen molar-refractivity contribution in [2.75, 3.05) is 19.6 Å². The molecule has 0 spiro atoms. The van der Waals surface area contributed by atoms with Gasteiger partial charge in [-0.1, -0.05) is 13.8 Å². The molecule has 0 aromatic rings. The fourth-order valence-electron chi connectivity index (χ4n) is 1.72. The second-order valence-corrected chi connectivity index (χ2v) is 4.87. The average molecular weight is 197 g/mol. The van der Waals surface area contributed by atoms with Gasteiger partial charge in [-0.25, -0.2) is 0 Å². The molecular weight excluding hydrogens is 174 g/mol. The smallest absolute Gasteiger partial charge is 0.0918 e. The summed E-state index contributed by atoms with van der Waals surface area (Å²) < 4.78 is 0. The lowest BCUT2D eigenvalue weighted by molar-refractivity contribution is 0.241. The topological polar surface area (TPSA) is 53.1 Å². The number of amidine groups is 1. The monoisotopic (exact) mass is 197 g/mol. The van der Waals surface area contributed by atoms with Crippen LogP contribution >= 0.6 is 0 Å². The number of nitrogens with one attached hydrogen (secondary N) is 1. The lowest BCUT2D eigenvalue weighted by Gasteiger charge is -2.23. The molecule has 3 N–H and O–H groups in total. The molecule has 3 heteroatoms. The van der Waals surface area contributed by atoms with Gasteiger partial charge in [-0.05, 0) is 24.7 Å². The van der Waals surface area contributed by atoms with Crippen LogP contribution in [0.25, 0.3) is 0 Å². The van der Waals surface area contributed by atoms with Gasteiger partial charge < -0.3 is 10.6 Å². The van der Waals surface area contributed by atoms with Gasteiger partial charge >= 0.3 is 0 Å². The number of hydrogen-bond acceptors (Lipinski definition) is 2. The Kier molecular flexibility index (Phi) is 4.39. The second kappa shape index (κ2) is 5.35. The van der Waals surface area contributed by atoms with Crippen molar-refractivity contribution in [3.63, 3.8) is 0 Å². The van der Waals surface area contributed by atoms with Gasteiger partial charge in [0, 0.05) is 26.1 Å². The van der Waals surface area contributed by atoms with Crippen LogP contribution in [0.2, 0.25) is 0 Å². The Hall–Kier alpha value is -0.570. The number of nitrogens with zero attached hydrogens (tertiary/aromatic N) is 1. The van der Waals surface area contributed by atoms with Gasteiger partial charge in [0.05, 0.1) is 5.84 Å². The van der Waals surface area contributed by atoms with Gasteiger partial charge in [-0.15, -0.1) is 0 Å². The van der Waals surface area contributed by atoms with Crippen LogP contribution in [0.15, 0.2) is 0 Å². The second-order valence-electron chi connectivity index (χ2n) is 4.87. The Balaban J connectivity index is 2.23. The summed E-state index contributed by atoms with van der Waals surface area (Å²) >= 11 is 0. The molecule has 0 unspecified atom stereocenters. The summed E-state index contributed by atoms with van der Waals surface area (Å²) in [5, 5.41) is 7.22. The van der Waals surface area contributed by atoms with E-state index in [1.165, 1.54) is 19.4 Å². The van der Waals surface area contributed by atoms with E-state index in [9.17, 15) is 0 Å². The van der Waals surface area contributed by atoms with Crippen LogP contribution in [0.3, 0.4) is 0 Å². The molecule has 0 atom stereocenters. The summed E-state index contributed by atoms with van der Waals surface area (Å²) in [6, 6.07) is 0. The molecule has 0 aromatic carbocycles. The zero-order valence-electron chi connectivity index (χ0n) is 9.42. The molecule has 1 aliphatic rings. The first-order valence-electron chi connectivity index (χ1n) is 5.63. The van der Waals surface area contributed by atoms with Crippen LogP contribution in [0, 0.1) is 17.2 Å². The summed E-state index contributed by atoms with van der Waals surface area (Å²) in [5.41, 5.74) is 5.37. The third kappa shape index (κ3) is 5.22. The minimum atomic E-state index is 0.314. The van der Waals surface area contributed by atoms with E-state index in [1.807, 2.05) is 0 Å². The molecule has 82 valence electrons. The average Bonchev–Trinajstić information content (AvgIpc) is 2.83. The Morgan fingerprint density at radius 1 is 1.50 bits per heavy atom. The molecule has 0 aromatic heterocycles. The van der Waals surface area contributed by atoms with Crippen molar-refractivity contribution in [2.24, 2.45) is 17.6 Å². The zero-order valence-corrected chi connectivity index (χ0v) is 9.42. The maximum atomic E-state index is 7.22. The van der Waals surface area contributed by atoms with Crippen molar-refractivity contribution in [1.82, 2.24) is 4.90 Å². The summed E-state index contributed by atoms with van der Waals surface area (Å²) in [6.07, 6.45) is 3.52. The zero-order chi connectivity index (χ0) is 10.6. The molecular formula is C11H23N3. The van der Waals surface area contributed by atoms with Crippen molar-refractivity contribution < 1.29 is 0 Å². The van der Waals surface area contributed by atoms with Gasteiger partial charge in [-0.3, -0.25) is 5.41 Å². The molecule has 14 heavy (non-hydrogen) atoms. The molecule has 1 rings (SSSR count). The SMILES string of the molecule is CC(C)CN(CCC(=N)N)CC1CC1. The molecule has 0 aliphatic heterocycles. The van der Waals surface area contributed by atoms with E-state index < -0.39 is 0 Å². The van der Waals surface area contributed by atoms with E-state index in [4.69, 9.17) is 11.1 Å². The third-order valence-electron chi connectivity index (χ3n) is 2.53. The lowest BCUT2D eigenvalue weighted by atomic mass is 10.2. The maximum absolute atomic E-state index is 7.22. The minimum Gasteiger partial charge on any atom is -0.388 e. The van der Waals surface area contributed by atoms with E-state index >= 15 is 0 Å². The Bertz CT molecular complexity index is 181. The van der Waals surface area contributed by atoms with Gasteiger partial charge in [0.25, 0.3) is 0 Å². The van der Waals surface area contributed by atoms with Crippen molar-refractivity contribution in [3.8, 4) is 0 Å². The number of rotatable bonds is 7. The molecule has 0 radical (unpaired) electrons. The van der Waals surface area contributed by atoms with Crippen LogP contribution in [-0.2, 0) is 0 Å². The van der Waals surface area contributed by atoms with Crippen LogP contribution in [-0.4, -0.2) is 30.4 Å². The van der Waals surface area contributed by atoms with Gasteiger partial charge in [-0.2, -0.15) is 0 Å².